The van der Waals surface area contributed by atoms with Gasteiger partial charge in [-0.1, -0.05) is 23.7 Å². The summed E-state index contributed by atoms with van der Waals surface area (Å²) in [6.07, 6.45) is 0. The summed E-state index contributed by atoms with van der Waals surface area (Å²) >= 11 is 5.86. The molecule has 0 aromatic heterocycles. The molecule has 0 radical (unpaired) electrons. The lowest BCUT2D eigenvalue weighted by Gasteiger charge is -2.26. The molecule has 138 valence electrons. The van der Waals surface area contributed by atoms with Gasteiger partial charge in [-0.05, 0) is 36.4 Å². The van der Waals surface area contributed by atoms with E-state index in [4.69, 9.17) is 16.3 Å². The second-order valence-corrected chi connectivity index (χ2v) is 7.94. The predicted molar refractivity (Wildman–Crippen MR) is 104 cm³/mol. The van der Waals surface area contributed by atoms with Crippen molar-refractivity contribution in [3.05, 3.63) is 59.1 Å². The number of para-hydroxylation sites is 1. The summed E-state index contributed by atoms with van der Waals surface area (Å²) in [5.74, 6) is 0.271. The van der Waals surface area contributed by atoms with Gasteiger partial charge in [0.15, 0.2) is 0 Å². The predicted octanol–water partition coefficient (Wildman–Crippen LogP) is 3.03. The number of rotatable bonds is 6. The van der Waals surface area contributed by atoms with Crippen molar-refractivity contribution in [1.29, 1.82) is 0 Å². The molecule has 1 unspecified atom stereocenters. The minimum Gasteiger partial charge on any atom is -0.379 e. The van der Waals surface area contributed by atoms with Gasteiger partial charge in [0.05, 0.1) is 34.6 Å². The third kappa shape index (κ3) is 5.14. The van der Waals surface area contributed by atoms with Crippen LogP contribution in [0.2, 0.25) is 5.02 Å². The van der Waals surface area contributed by atoms with Gasteiger partial charge in [0.1, 0.15) is 0 Å². The Morgan fingerprint density at radius 3 is 2.54 bits per heavy atom. The Bertz CT molecular complexity index is 777. The van der Waals surface area contributed by atoms with E-state index in [1.807, 2.05) is 12.1 Å². The molecule has 7 heteroatoms. The standard InChI is InChI=1S/C19H21ClN2O3S/c20-16-7-5-15(6-8-16)19(23)21-17-3-1-2-4-18(17)26(24)14-11-22-9-12-25-13-10-22/h1-8H,9-14H2,(H,21,23). The Kier molecular flexibility index (Phi) is 6.80. The van der Waals surface area contributed by atoms with Crippen molar-refractivity contribution in [2.45, 2.75) is 4.90 Å². The molecule has 1 aliphatic heterocycles. The molecule has 5 nitrogen and oxygen atoms in total. The molecule has 3 rings (SSSR count). The Hall–Kier alpha value is -1.73. The average Bonchev–Trinajstić information content (AvgIpc) is 2.68. The minimum atomic E-state index is -1.19. The van der Waals surface area contributed by atoms with Crippen LogP contribution in [0.25, 0.3) is 0 Å². The van der Waals surface area contributed by atoms with Gasteiger partial charge in [-0.3, -0.25) is 13.9 Å². The van der Waals surface area contributed by atoms with Crippen LogP contribution in [-0.2, 0) is 15.5 Å². The SMILES string of the molecule is O=C(Nc1ccccc1S(=O)CCN1CCOCC1)c1ccc(Cl)cc1. The number of anilines is 1. The maximum absolute atomic E-state index is 12.8. The van der Waals surface area contributed by atoms with E-state index in [0.717, 1.165) is 32.8 Å². The maximum Gasteiger partial charge on any atom is 0.255 e. The number of nitrogens with one attached hydrogen (secondary N) is 1. The van der Waals surface area contributed by atoms with Gasteiger partial charge in [0.2, 0.25) is 0 Å². The molecule has 1 saturated heterocycles. The molecule has 0 aliphatic carbocycles. The number of benzene rings is 2. The van der Waals surface area contributed by atoms with Crippen molar-refractivity contribution >= 4 is 34.0 Å². The van der Waals surface area contributed by atoms with Crippen LogP contribution >= 0.6 is 11.6 Å². The van der Waals surface area contributed by atoms with E-state index >= 15 is 0 Å². The molecule has 0 bridgehead atoms. The number of nitrogens with zero attached hydrogens (tertiary/aromatic N) is 1. The number of amides is 1. The molecule has 0 saturated carbocycles. The molecule has 1 aliphatic rings. The summed E-state index contributed by atoms with van der Waals surface area (Å²) in [5, 5.41) is 3.43. The van der Waals surface area contributed by atoms with Crippen molar-refractivity contribution in [3.63, 3.8) is 0 Å². The van der Waals surface area contributed by atoms with E-state index in [0.29, 0.717) is 26.9 Å². The molecule has 0 spiro atoms. The number of hydrogen-bond acceptors (Lipinski definition) is 4. The highest BCUT2D eigenvalue weighted by Crippen LogP contribution is 2.21. The summed E-state index contributed by atoms with van der Waals surface area (Å²) in [6.45, 7) is 3.93. The molecule has 1 heterocycles. The number of ether oxygens (including phenoxy) is 1. The zero-order chi connectivity index (χ0) is 18.4. The fourth-order valence-corrected chi connectivity index (χ4v) is 4.08. The van der Waals surface area contributed by atoms with E-state index in [1.54, 1.807) is 36.4 Å². The van der Waals surface area contributed by atoms with Gasteiger partial charge >= 0.3 is 0 Å². The van der Waals surface area contributed by atoms with Gasteiger partial charge in [-0.15, -0.1) is 0 Å². The summed E-state index contributed by atoms with van der Waals surface area (Å²) in [5.41, 5.74) is 1.08. The number of carbonyl (C=O) groups excluding carboxylic acids is 1. The van der Waals surface area contributed by atoms with Crippen LogP contribution in [0.4, 0.5) is 5.69 Å². The highest BCUT2D eigenvalue weighted by atomic mass is 35.5. The summed E-state index contributed by atoms with van der Waals surface area (Å²) in [6, 6.07) is 13.9. The van der Waals surface area contributed by atoms with Crippen LogP contribution in [0.5, 0.6) is 0 Å². The van der Waals surface area contributed by atoms with Crippen LogP contribution in [0.3, 0.4) is 0 Å². The molecular formula is C19H21ClN2O3S. The smallest absolute Gasteiger partial charge is 0.255 e. The van der Waals surface area contributed by atoms with Crippen LogP contribution in [0, 0.1) is 0 Å². The molecule has 1 N–H and O–H groups in total. The second kappa shape index (κ2) is 9.28. The number of morpholine rings is 1. The molecule has 1 atom stereocenters. The normalized spacial score (nSPS) is 16.2. The number of carbonyl (C=O) groups is 1. The molecule has 2 aromatic rings. The number of hydrogen-bond donors (Lipinski definition) is 1. The van der Waals surface area contributed by atoms with E-state index in [-0.39, 0.29) is 5.91 Å². The summed E-state index contributed by atoms with van der Waals surface area (Å²) < 4.78 is 18.1. The third-order valence-electron chi connectivity index (χ3n) is 4.18. The summed E-state index contributed by atoms with van der Waals surface area (Å²) in [4.78, 5) is 15.3. The van der Waals surface area contributed by atoms with E-state index in [2.05, 4.69) is 10.2 Å². The zero-order valence-corrected chi connectivity index (χ0v) is 15.9. The lowest BCUT2D eigenvalue weighted by molar-refractivity contribution is 0.0409. The zero-order valence-electron chi connectivity index (χ0n) is 14.3. The van der Waals surface area contributed by atoms with Crippen LogP contribution in [-0.4, -0.2) is 53.6 Å². The highest BCUT2D eigenvalue weighted by Gasteiger charge is 2.16. The Morgan fingerprint density at radius 1 is 1.12 bits per heavy atom. The van der Waals surface area contributed by atoms with Gasteiger partial charge in [0, 0.05) is 36.0 Å². The molecular weight excluding hydrogens is 372 g/mol. The first kappa shape index (κ1) is 19.0. The van der Waals surface area contributed by atoms with Crippen molar-refractivity contribution in [1.82, 2.24) is 4.90 Å². The Balaban J connectivity index is 1.66. The Morgan fingerprint density at radius 2 is 1.81 bits per heavy atom. The van der Waals surface area contributed by atoms with Crippen molar-refractivity contribution < 1.29 is 13.7 Å². The molecule has 2 aromatic carbocycles. The molecule has 1 amide bonds. The number of halogens is 1. The summed E-state index contributed by atoms with van der Waals surface area (Å²) in [7, 11) is -1.19. The highest BCUT2D eigenvalue weighted by molar-refractivity contribution is 7.85. The monoisotopic (exact) mass is 392 g/mol. The lowest BCUT2D eigenvalue weighted by Crippen LogP contribution is -2.38. The van der Waals surface area contributed by atoms with Gasteiger partial charge in [0.25, 0.3) is 5.91 Å². The molecule has 26 heavy (non-hydrogen) atoms. The van der Waals surface area contributed by atoms with Gasteiger partial charge in [-0.2, -0.15) is 0 Å². The van der Waals surface area contributed by atoms with Crippen LogP contribution < -0.4 is 5.32 Å². The van der Waals surface area contributed by atoms with E-state index < -0.39 is 10.8 Å². The first-order valence-electron chi connectivity index (χ1n) is 8.48. The largest absolute Gasteiger partial charge is 0.379 e. The minimum absolute atomic E-state index is 0.251. The van der Waals surface area contributed by atoms with Crippen LogP contribution in [0.15, 0.2) is 53.4 Å². The molecule has 1 fully saturated rings. The van der Waals surface area contributed by atoms with Crippen molar-refractivity contribution in [3.8, 4) is 0 Å². The second-order valence-electron chi connectivity index (χ2n) is 5.96. The topological polar surface area (TPSA) is 58.6 Å². The average molecular weight is 393 g/mol. The Labute approximate surface area is 160 Å². The first-order valence-corrected chi connectivity index (χ1v) is 10.2. The van der Waals surface area contributed by atoms with E-state index in [1.165, 1.54) is 0 Å². The van der Waals surface area contributed by atoms with Crippen molar-refractivity contribution in [2.75, 3.05) is 43.9 Å². The maximum atomic E-state index is 12.8. The first-order chi connectivity index (χ1) is 12.6. The van der Waals surface area contributed by atoms with Crippen LogP contribution in [0.1, 0.15) is 10.4 Å². The fraction of sp³-hybridized carbons (Fsp3) is 0.316. The van der Waals surface area contributed by atoms with Gasteiger partial charge in [-0.25, -0.2) is 0 Å². The quantitative estimate of drug-likeness (QED) is 0.820. The third-order valence-corrected chi connectivity index (χ3v) is 5.84. The van der Waals surface area contributed by atoms with E-state index in [9.17, 15) is 9.00 Å². The lowest BCUT2D eigenvalue weighted by atomic mass is 10.2. The van der Waals surface area contributed by atoms with Gasteiger partial charge < -0.3 is 10.1 Å². The fourth-order valence-electron chi connectivity index (χ4n) is 2.71. The van der Waals surface area contributed by atoms with Crippen molar-refractivity contribution in [2.24, 2.45) is 0 Å².